The van der Waals surface area contributed by atoms with Crippen LogP contribution in [0.1, 0.15) is 49.4 Å². The second-order valence-electron chi connectivity index (χ2n) is 9.77. The van der Waals surface area contributed by atoms with E-state index < -0.39 is 22.0 Å². The lowest BCUT2D eigenvalue weighted by atomic mass is 9.93. The third-order valence-corrected chi connectivity index (χ3v) is 8.83. The summed E-state index contributed by atoms with van der Waals surface area (Å²) < 4.78 is 45.3. The number of halogens is 1. The Morgan fingerprint density at radius 1 is 1.03 bits per heavy atom. The Kier molecular flexibility index (Phi) is 8.32. The highest BCUT2D eigenvalue weighted by Gasteiger charge is 2.38. The molecule has 0 saturated carbocycles. The summed E-state index contributed by atoms with van der Waals surface area (Å²) in [6.07, 6.45) is -1.09. The highest BCUT2D eigenvalue weighted by atomic mass is 35.5. The second kappa shape index (κ2) is 11.4. The van der Waals surface area contributed by atoms with E-state index in [0.29, 0.717) is 10.8 Å². The minimum Gasteiger partial charge on any atom is -0.497 e. The molecule has 2 atom stereocenters. The predicted octanol–water partition coefficient (Wildman–Crippen LogP) is 5.62. The summed E-state index contributed by atoms with van der Waals surface area (Å²) in [6, 6.07) is 14.4. The van der Waals surface area contributed by atoms with Crippen molar-refractivity contribution in [1.82, 2.24) is 5.32 Å². The smallest absolute Gasteiger partial charge is 0.264 e. The van der Waals surface area contributed by atoms with E-state index in [2.05, 4.69) is 19.2 Å². The molecule has 3 aromatic rings. The molecule has 1 aliphatic heterocycles. The molecule has 0 fully saturated rings. The first-order valence-electron chi connectivity index (χ1n) is 12.6. The van der Waals surface area contributed by atoms with Gasteiger partial charge in [-0.15, -0.1) is 0 Å². The number of nitrogens with one attached hydrogen (secondary N) is 1. The topological polar surface area (TPSA) is 94.2 Å². The zero-order valence-corrected chi connectivity index (χ0v) is 24.4. The van der Waals surface area contributed by atoms with Crippen molar-refractivity contribution in [2.75, 3.05) is 25.1 Å². The van der Waals surface area contributed by atoms with E-state index in [4.69, 9.17) is 25.8 Å². The van der Waals surface area contributed by atoms with Crippen LogP contribution in [-0.2, 0) is 14.8 Å². The van der Waals surface area contributed by atoms with Gasteiger partial charge in [-0.2, -0.15) is 0 Å². The molecule has 3 aromatic carbocycles. The van der Waals surface area contributed by atoms with E-state index in [1.807, 2.05) is 26.0 Å². The van der Waals surface area contributed by atoms with Gasteiger partial charge in [0.15, 0.2) is 6.10 Å². The van der Waals surface area contributed by atoms with Crippen LogP contribution in [0.2, 0.25) is 5.02 Å². The quantitative estimate of drug-likeness (QED) is 0.376. The lowest BCUT2D eigenvalue weighted by molar-refractivity contribution is -0.128. The first-order valence-corrected chi connectivity index (χ1v) is 14.4. The van der Waals surface area contributed by atoms with E-state index in [1.165, 1.54) is 29.6 Å². The predicted molar refractivity (Wildman–Crippen MR) is 152 cm³/mol. The fourth-order valence-corrected chi connectivity index (χ4v) is 6.29. The Hall–Kier alpha value is -3.43. The maximum atomic E-state index is 13.7. The summed E-state index contributed by atoms with van der Waals surface area (Å²) in [5.41, 5.74) is 3.22. The van der Waals surface area contributed by atoms with Gasteiger partial charge in [-0.3, -0.25) is 9.10 Å². The van der Waals surface area contributed by atoms with Gasteiger partial charge in [-0.25, -0.2) is 8.42 Å². The Labute approximate surface area is 234 Å². The van der Waals surface area contributed by atoms with Crippen molar-refractivity contribution in [1.29, 1.82) is 0 Å². The van der Waals surface area contributed by atoms with Crippen LogP contribution in [0, 0.1) is 6.92 Å². The Bertz CT molecular complexity index is 1470. The van der Waals surface area contributed by atoms with Gasteiger partial charge in [0, 0.05) is 5.02 Å². The summed E-state index contributed by atoms with van der Waals surface area (Å²) in [4.78, 5) is 13.5. The Balaban J connectivity index is 1.64. The number of benzene rings is 3. The molecule has 4 rings (SSSR count). The minimum absolute atomic E-state index is 0.0544. The lowest BCUT2D eigenvalue weighted by Crippen LogP contribution is -2.51. The Morgan fingerprint density at radius 3 is 2.33 bits per heavy atom. The molecule has 10 heteroatoms. The van der Waals surface area contributed by atoms with Gasteiger partial charge in [-0.1, -0.05) is 25.4 Å². The third-order valence-electron chi connectivity index (χ3n) is 6.80. The van der Waals surface area contributed by atoms with Crippen molar-refractivity contribution in [3.63, 3.8) is 0 Å². The SMILES string of the molecule is COc1ccc(S(=O)(=O)N2C[C@H](C(=O)N[C@@H](C)c3cc(C(C)C)c(OC)cc3C)Oc3ccc(Cl)cc32)cc1. The summed E-state index contributed by atoms with van der Waals surface area (Å²) in [5, 5.41) is 3.36. The van der Waals surface area contributed by atoms with Crippen LogP contribution in [0.3, 0.4) is 0 Å². The maximum absolute atomic E-state index is 13.7. The van der Waals surface area contributed by atoms with E-state index in [0.717, 1.165) is 22.4 Å². The first-order chi connectivity index (χ1) is 18.5. The van der Waals surface area contributed by atoms with Crippen LogP contribution in [0.5, 0.6) is 17.2 Å². The molecule has 0 spiro atoms. The zero-order chi connectivity index (χ0) is 28.5. The number of carbonyl (C=O) groups excluding carboxylic acids is 1. The Morgan fingerprint density at radius 2 is 1.72 bits per heavy atom. The molecule has 0 aromatic heterocycles. The van der Waals surface area contributed by atoms with Crippen LogP contribution in [-0.4, -0.2) is 41.2 Å². The number of hydrogen-bond acceptors (Lipinski definition) is 6. The number of carbonyl (C=O) groups is 1. The summed E-state index contributed by atoms with van der Waals surface area (Å²) >= 11 is 6.20. The molecule has 0 aliphatic carbocycles. The number of rotatable bonds is 8. The van der Waals surface area contributed by atoms with Crippen LogP contribution in [0.4, 0.5) is 5.69 Å². The number of methoxy groups -OCH3 is 2. The van der Waals surface area contributed by atoms with Gasteiger partial charge < -0.3 is 19.5 Å². The van der Waals surface area contributed by atoms with Crippen molar-refractivity contribution < 1.29 is 27.4 Å². The van der Waals surface area contributed by atoms with Gasteiger partial charge in [0.1, 0.15) is 17.2 Å². The van der Waals surface area contributed by atoms with E-state index in [9.17, 15) is 13.2 Å². The number of nitrogens with zero attached hydrogens (tertiary/aromatic N) is 1. The average molecular weight is 573 g/mol. The third kappa shape index (κ3) is 5.79. The molecular formula is C29H33ClN2O6S. The molecule has 8 nitrogen and oxygen atoms in total. The van der Waals surface area contributed by atoms with E-state index >= 15 is 0 Å². The molecule has 1 aliphatic rings. The maximum Gasteiger partial charge on any atom is 0.264 e. The second-order valence-corrected chi connectivity index (χ2v) is 12.1. The largest absolute Gasteiger partial charge is 0.497 e. The molecule has 0 bridgehead atoms. The number of amides is 1. The van der Waals surface area contributed by atoms with E-state index in [-0.39, 0.29) is 34.8 Å². The highest BCUT2D eigenvalue weighted by Crippen LogP contribution is 2.39. The molecule has 1 N–H and O–H groups in total. The lowest BCUT2D eigenvalue weighted by Gasteiger charge is -2.35. The number of fused-ring (bicyclic) bond motifs is 1. The minimum atomic E-state index is -4.05. The summed E-state index contributed by atoms with van der Waals surface area (Å²) in [7, 11) is -0.902. The van der Waals surface area contributed by atoms with Crippen molar-refractivity contribution in [2.24, 2.45) is 0 Å². The molecule has 1 amide bonds. The monoisotopic (exact) mass is 572 g/mol. The number of aryl methyl sites for hydroxylation is 1. The van der Waals surface area contributed by atoms with Gasteiger partial charge in [0.05, 0.1) is 37.4 Å². The van der Waals surface area contributed by atoms with Crippen molar-refractivity contribution in [2.45, 2.75) is 50.7 Å². The van der Waals surface area contributed by atoms with Gasteiger partial charge in [-0.05, 0) is 91.1 Å². The molecule has 0 unspecified atom stereocenters. The van der Waals surface area contributed by atoms with Crippen LogP contribution >= 0.6 is 11.6 Å². The standard InChI is InChI=1S/C29H33ClN2O6S/c1-17(2)23-15-24(18(3)13-27(23)37-6)19(4)31-29(33)28-16-32(25-14-20(30)7-12-26(25)38-28)39(34,35)22-10-8-21(36-5)9-11-22/h7-15,17,19,28H,16H2,1-6H3,(H,31,33)/t19-,28+/m0/s1. The van der Waals surface area contributed by atoms with Gasteiger partial charge >= 0.3 is 0 Å². The van der Waals surface area contributed by atoms with E-state index in [1.54, 1.807) is 31.4 Å². The highest BCUT2D eigenvalue weighted by molar-refractivity contribution is 7.92. The fourth-order valence-electron chi connectivity index (χ4n) is 4.66. The van der Waals surface area contributed by atoms with Crippen LogP contribution in [0.25, 0.3) is 0 Å². The van der Waals surface area contributed by atoms with Crippen LogP contribution < -0.4 is 23.8 Å². The van der Waals surface area contributed by atoms with Crippen molar-refractivity contribution >= 4 is 33.2 Å². The number of ether oxygens (including phenoxy) is 3. The number of sulfonamides is 1. The summed E-state index contributed by atoms with van der Waals surface area (Å²) in [5.74, 6) is 1.37. The molecule has 0 radical (unpaired) electrons. The average Bonchev–Trinajstić information content (AvgIpc) is 2.91. The normalized spacial score (nSPS) is 15.8. The molecule has 1 heterocycles. The fraction of sp³-hybridized carbons (Fsp3) is 0.345. The number of anilines is 1. The van der Waals surface area contributed by atoms with Crippen molar-refractivity contribution in [3.05, 3.63) is 76.3 Å². The van der Waals surface area contributed by atoms with Gasteiger partial charge in [0.2, 0.25) is 0 Å². The first kappa shape index (κ1) is 28.6. The molecule has 208 valence electrons. The summed E-state index contributed by atoms with van der Waals surface area (Å²) in [6.45, 7) is 7.79. The molecule has 0 saturated heterocycles. The van der Waals surface area contributed by atoms with Crippen LogP contribution in [0.15, 0.2) is 59.5 Å². The number of hydrogen-bond donors (Lipinski definition) is 1. The molecular weight excluding hydrogens is 540 g/mol. The van der Waals surface area contributed by atoms with Crippen molar-refractivity contribution in [3.8, 4) is 17.2 Å². The zero-order valence-electron chi connectivity index (χ0n) is 22.8. The van der Waals surface area contributed by atoms with Gasteiger partial charge in [0.25, 0.3) is 15.9 Å². The molecule has 39 heavy (non-hydrogen) atoms.